The number of piperidine rings is 1. The Bertz CT molecular complexity index is 378. The SMILES string of the molecule is OC1CC2CCC(C1)N2Cc1ccc(Br)cc1. The third-order valence-corrected chi connectivity index (χ3v) is 4.67. The highest BCUT2D eigenvalue weighted by atomic mass is 79.9. The predicted molar refractivity (Wildman–Crippen MR) is 71.7 cm³/mol. The van der Waals surface area contributed by atoms with Crippen LogP contribution in [0.3, 0.4) is 0 Å². The Kier molecular flexibility index (Phi) is 3.24. The van der Waals surface area contributed by atoms with Gasteiger partial charge >= 0.3 is 0 Å². The van der Waals surface area contributed by atoms with Crippen molar-refractivity contribution in [1.29, 1.82) is 0 Å². The second kappa shape index (κ2) is 4.71. The molecule has 2 nitrogen and oxygen atoms in total. The van der Waals surface area contributed by atoms with Crippen LogP contribution in [0.2, 0.25) is 0 Å². The van der Waals surface area contributed by atoms with E-state index in [9.17, 15) is 5.11 Å². The smallest absolute Gasteiger partial charge is 0.0570 e. The van der Waals surface area contributed by atoms with E-state index in [1.165, 1.54) is 18.4 Å². The van der Waals surface area contributed by atoms with Gasteiger partial charge in [-0.05, 0) is 43.4 Å². The van der Waals surface area contributed by atoms with E-state index in [0.29, 0.717) is 12.1 Å². The molecule has 3 heteroatoms. The van der Waals surface area contributed by atoms with Gasteiger partial charge in [-0.25, -0.2) is 0 Å². The molecule has 2 heterocycles. The third kappa shape index (κ3) is 2.42. The number of benzene rings is 1. The summed E-state index contributed by atoms with van der Waals surface area (Å²) in [7, 11) is 0. The zero-order valence-electron chi connectivity index (χ0n) is 9.85. The van der Waals surface area contributed by atoms with E-state index in [4.69, 9.17) is 0 Å². The van der Waals surface area contributed by atoms with E-state index in [2.05, 4.69) is 45.1 Å². The van der Waals surface area contributed by atoms with E-state index < -0.39 is 0 Å². The van der Waals surface area contributed by atoms with Crippen molar-refractivity contribution in [3.63, 3.8) is 0 Å². The van der Waals surface area contributed by atoms with Crippen LogP contribution in [-0.4, -0.2) is 28.2 Å². The summed E-state index contributed by atoms with van der Waals surface area (Å²) in [5, 5.41) is 9.78. The first-order valence-corrected chi connectivity index (χ1v) is 7.20. The molecule has 1 N–H and O–H groups in total. The molecule has 2 aliphatic heterocycles. The van der Waals surface area contributed by atoms with E-state index in [1.807, 2.05) is 0 Å². The Balaban J connectivity index is 1.72. The van der Waals surface area contributed by atoms with Gasteiger partial charge in [0.2, 0.25) is 0 Å². The lowest BCUT2D eigenvalue weighted by atomic mass is 9.99. The second-order valence-electron chi connectivity index (χ2n) is 5.31. The van der Waals surface area contributed by atoms with Gasteiger partial charge in [0.05, 0.1) is 6.10 Å². The van der Waals surface area contributed by atoms with Crippen LogP contribution in [0.4, 0.5) is 0 Å². The fourth-order valence-electron chi connectivity index (χ4n) is 3.30. The Morgan fingerprint density at radius 1 is 1.12 bits per heavy atom. The normalized spacial score (nSPS) is 32.9. The van der Waals surface area contributed by atoms with Crippen LogP contribution in [0.25, 0.3) is 0 Å². The van der Waals surface area contributed by atoms with Gasteiger partial charge in [0.15, 0.2) is 0 Å². The van der Waals surface area contributed by atoms with Crippen molar-refractivity contribution >= 4 is 15.9 Å². The molecule has 1 aromatic rings. The fourth-order valence-corrected chi connectivity index (χ4v) is 3.57. The van der Waals surface area contributed by atoms with Gasteiger partial charge in [0.25, 0.3) is 0 Å². The minimum atomic E-state index is -0.0614. The predicted octanol–water partition coefficient (Wildman–Crippen LogP) is 2.94. The van der Waals surface area contributed by atoms with E-state index >= 15 is 0 Å². The van der Waals surface area contributed by atoms with Crippen molar-refractivity contribution < 1.29 is 5.11 Å². The minimum Gasteiger partial charge on any atom is -0.393 e. The zero-order chi connectivity index (χ0) is 11.8. The molecule has 3 rings (SSSR count). The first-order chi connectivity index (χ1) is 8.22. The largest absolute Gasteiger partial charge is 0.393 e. The summed E-state index contributed by atoms with van der Waals surface area (Å²) in [4.78, 5) is 2.59. The van der Waals surface area contributed by atoms with Crippen molar-refractivity contribution in [3.8, 4) is 0 Å². The summed E-state index contributed by atoms with van der Waals surface area (Å²) in [5.41, 5.74) is 1.38. The average molecular weight is 296 g/mol. The number of nitrogens with zero attached hydrogens (tertiary/aromatic N) is 1. The summed E-state index contributed by atoms with van der Waals surface area (Å²) in [5.74, 6) is 0. The molecule has 0 spiro atoms. The number of hydrogen-bond acceptors (Lipinski definition) is 2. The van der Waals surface area contributed by atoms with Gasteiger partial charge in [0.1, 0.15) is 0 Å². The van der Waals surface area contributed by atoms with Crippen molar-refractivity contribution in [3.05, 3.63) is 34.3 Å². The van der Waals surface area contributed by atoms with E-state index in [-0.39, 0.29) is 6.10 Å². The van der Waals surface area contributed by atoms with E-state index in [0.717, 1.165) is 23.9 Å². The maximum Gasteiger partial charge on any atom is 0.0570 e. The van der Waals surface area contributed by atoms with Crippen LogP contribution in [0, 0.1) is 0 Å². The number of fused-ring (bicyclic) bond motifs is 2. The summed E-state index contributed by atoms with van der Waals surface area (Å²) >= 11 is 3.47. The lowest BCUT2D eigenvalue weighted by Crippen LogP contribution is -2.44. The van der Waals surface area contributed by atoms with Gasteiger partial charge in [0, 0.05) is 23.1 Å². The molecule has 2 saturated heterocycles. The molecule has 0 amide bonds. The number of hydrogen-bond donors (Lipinski definition) is 1. The number of aliphatic hydroxyl groups is 1. The lowest BCUT2D eigenvalue weighted by Gasteiger charge is -2.37. The highest BCUT2D eigenvalue weighted by Gasteiger charge is 2.39. The zero-order valence-corrected chi connectivity index (χ0v) is 11.4. The molecule has 2 aliphatic rings. The van der Waals surface area contributed by atoms with Crippen molar-refractivity contribution in [2.24, 2.45) is 0 Å². The van der Waals surface area contributed by atoms with Crippen LogP contribution < -0.4 is 0 Å². The molecule has 2 atom stereocenters. The first kappa shape index (κ1) is 11.7. The van der Waals surface area contributed by atoms with Crippen molar-refractivity contribution in [1.82, 2.24) is 4.90 Å². The minimum absolute atomic E-state index is 0.0614. The molecule has 1 aromatic carbocycles. The van der Waals surface area contributed by atoms with Gasteiger partial charge in [-0.3, -0.25) is 4.90 Å². The summed E-state index contributed by atoms with van der Waals surface area (Å²) in [6.07, 6.45) is 4.39. The first-order valence-electron chi connectivity index (χ1n) is 6.40. The number of halogens is 1. The molecule has 0 aliphatic carbocycles. The Labute approximate surface area is 111 Å². The monoisotopic (exact) mass is 295 g/mol. The van der Waals surface area contributed by atoms with Crippen molar-refractivity contribution in [2.75, 3.05) is 0 Å². The molecule has 2 bridgehead atoms. The maximum atomic E-state index is 9.78. The molecular weight excluding hydrogens is 278 g/mol. The van der Waals surface area contributed by atoms with Gasteiger partial charge in [-0.15, -0.1) is 0 Å². The maximum absolute atomic E-state index is 9.78. The topological polar surface area (TPSA) is 23.5 Å². The van der Waals surface area contributed by atoms with Crippen LogP contribution in [-0.2, 0) is 6.54 Å². The quantitative estimate of drug-likeness (QED) is 0.907. The van der Waals surface area contributed by atoms with E-state index in [1.54, 1.807) is 0 Å². The number of aliphatic hydroxyl groups excluding tert-OH is 1. The molecule has 17 heavy (non-hydrogen) atoms. The summed E-state index contributed by atoms with van der Waals surface area (Å²) < 4.78 is 1.14. The molecule has 0 aromatic heterocycles. The van der Waals surface area contributed by atoms with Crippen molar-refractivity contribution in [2.45, 2.75) is 50.4 Å². The van der Waals surface area contributed by atoms with Crippen LogP contribution >= 0.6 is 15.9 Å². The number of rotatable bonds is 2. The van der Waals surface area contributed by atoms with Crippen LogP contribution in [0.5, 0.6) is 0 Å². The van der Waals surface area contributed by atoms with Crippen LogP contribution in [0.1, 0.15) is 31.2 Å². The fraction of sp³-hybridized carbons (Fsp3) is 0.571. The average Bonchev–Trinajstić information content (AvgIpc) is 2.56. The summed E-state index contributed by atoms with van der Waals surface area (Å²) in [6, 6.07) is 9.80. The standard InChI is InChI=1S/C14H18BrNO/c15-11-3-1-10(2-4-11)9-16-12-5-6-13(16)8-14(17)7-12/h1-4,12-14,17H,5-9H2. The van der Waals surface area contributed by atoms with Gasteiger partial charge in [-0.1, -0.05) is 28.1 Å². The molecular formula is C14H18BrNO. The Morgan fingerprint density at radius 2 is 1.71 bits per heavy atom. The molecule has 0 radical (unpaired) electrons. The second-order valence-corrected chi connectivity index (χ2v) is 6.22. The molecule has 2 unspecified atom stereocenters. The third-order valence-electron chi connectivity index (χ3n) is 4.14. The lowest BCUT2D eigenvalue weighted by molar-refractivity contribution is 0.0310. The van der Waals surface area contributed by atoms with Crippen LogP contribution in [0.15, 0.2) is 28.7 Å². The highest BCUT2D eigenvalue weighted by Crippen LogP contribution is 2.36. The summed E-state index contributed by atoms with van der Waals surface area (Å²) in [6.45, 7) is 1.04. The Morgan fingerprint density at radius 3 is 2.29 bits per heavy atom. The van der Waals surface area contributed by atoms with Gasteiger partial charge in [-0.2, -0.15) is 0 Å². The molecule has 2 fully saturated rings. The molecule has 92 valence electrons. The molecule has 0 saturated carbocycles. The highest BCUT2D eigenvalue weighted by molar-refractivity contribution is 9.10. The van der Waals surface area contributed by atoms with Gasteiger partial charge < -0.3 is 5.11 Å². The Hall–Kier alpha value is -0.380.